The molecule has 1 unspecified atom stereocenters. The molecule has 1 atom stereocenters. The van der Waals surface area contributed by atoms with Gasteiger partial charge in [-0.2, -0.15) is 0 Å². The van der Waals surface area contributed by atoms with Crippen molar-refractivity contribution in [2.24, 2.45) is 11.5 Å². The van der Waals surface area contributed by atoms with Crippen LogP contribution in [0.1, 0.15) is 18.0 Å². The van der Waals surface area contributed by atoms with Crippen molar-refractivity contribution >= 4 is 40.6 Å². The molecule has 2 rings (SSSR count). The Morgan fingerprint density at radius 2 is 2.00 bits per heavy atom. The van der Waals surface area contributed by atoms with Crippen molar-refractivity contribution in [2.75, 3.05) is 0 Å². The van der Waals surface area contributed by atoms with Crippen LogP contribution in [0.4, 0.5) is 0 Å². The maximum Gasteiger partial charge on any atom is 0.219 e. The number of rotatable bonds is 5. The van der Waals surface area contributed by atoms with E-state index in [1.165, 1.54) is 0 Å². The summed E-state index contributed by atoms with van der Waals surface area (Å²) in [5.74, 6) is -0.388. The maximum atomic E-state index is 10.9. The maximum absolute atomic E-state index is 10.9. The molecule has 0 fully saturated rings. The van der Waals surface area contributed by atoms with Crippen LogP contribution in [0.2, 0.25) is 5.02 Å². The smallest absolute Gasteiger partial charge is 0.219 e. The first kappa shape index (κ1) is 14.4. The van der Waals surface area contributed by atoms with Crippen molar-refractivity contribution in [1.29, 1.82) is 0 Å². The molecule has 2 aromatic rings. The third-order valence-corrected chi connectivity index (χ3v) is 4.94. The predicted molar refractivity (Wildman–Crippen MR) is 80.6 cm³/mol. The molecule has 6 heteroatoms. The van der Waals surface area contributed by atoms with Crippen LogP contribution in [0.15, 0.2) is 44.8 Å². The van der Waals surface area contributed by atoms with Crippen LogP contribution in [0.5, 0.6) is 0 Å². The molecule has 100 valence electrons. The Morgan fingerprint density at radius 3 is 2.63 bits per heavy atom. The van der Waals surface area contributed by atoms with Crippen LogP contribution in [0, 0.1) is 0 Å². The Bertz CT molecular complexity index is 568. The fourth-order valence-electron chi connectivity index (χ4n) is 1.60. The Morgan fingerprint density at radius 1 is 1.32 bits per heavy atom. The van der Waals surface area contributed by atoms with E-state index in [0.717, 1.165) is 14.7 Å². The lowest BCUT2D eigenvalue weighted by Gasteiger charge is -2.10. The van der Waals surface area contributed by atoms with Gasteiger partial charge in [0.25, 0.3) is 0 Å². The van der Waals surface area contributed by atoms with Gasteiger partial charge in [0.1, 0.15) is 0 Å². The van der Waals surface area contributed by atoms with E-state index in [9.17, 15) is 4.79 Å². The van der Waals surface area contributed by atoms with Crippen LogP contribution in [-0.4, -0.2) is 5.91 Å². The summed E-state index contributed by atoms with van der Waals surface area (Å²) in [5, 5.41) is 2.68. The summed E-state index contributed by atoms with van der Waals surface area (Å²) in [6, 6.07) is 9.20. The Kier molecular flexibility index (Phi) is 4.87. The number of benzene rings is 1. The van der Waals surface area contributed by atoms with Gasteiger partial charge >= 0.3 is 0 Å². The number of primary amides is 1. The average Bonchev–Trinajstić information content (AvgIpc) is 2.79. The average molecular weight is 313 g/mol. The zero-order valence-corrected chi connectivity index (χ0v) is 12.4. The fraction of sp³-hybridized carbons (Fsp3) is 0.154. The topological polar surface area (TPSA) is 69.1 Å². The highest BCUT2D eigenvalue weighted by atomic mass is 35.5. The molecule has 0 saturated heterocycles. The van der Waals surface area contributed by atoms with Crippen molar-refractivity contribution in [3.63, 3.8) is 0 Å². The number of hydrogen-bond donors (Lipinski definition) is 2. The summed E-state index contributed by atoms with van der Waals surface area (Å²) in [7, 11) is 0. The molecule has 0 saturated carbocycles. The minimum Gasteiger partial charge on any atom is -0.370 e. The van der Waals surface area contributed by atoms with Crippen LogP contribution in [0.3, 0.4) is 0 Å². The normalized spacial score (nSPS) is 12.3. The second-order valence-electron chi connectivity index (χ2n) is 4.00. The lowest BCUT2D eigenvalue weighted by Crippen LogP contribution is -2.20. The summed E-state index contributed by atoms with van der Waals surface area (Å²) in [6.45, 7) is 0. The molecule has 1 amide bonds. The largest absolute Gasteiger partial charge is 0.370 e. The Labute approximate surface area is 124 Å². The molecule has 1 aromatic heterocycles. The van der Waals surface area contributed by atoms with Crippen LogP contribution in [-0.2, 0) is 4.79 Å². The molecule has 0 spiro atoms. The van der Waals surface area contributed by atoms with Gasteiger partial charge in [-0.05, 0) is 41.3 Å². The molecule has 0 aliphatic heterocycles. The number of amides is 1. The highest BCUT2D eigenvalue weighted by Gasteiger charge is 2.15. The van der Waals surface area contributed by atoms with Crippen LogP contribution < -0.4 is 11.5 Å². The van der Waals surface area contributed by atoms with Gasteiger partial charge in [-0.1, -0.05) is 23.4 Å². The lowest BCUT2D eigenvalue weighted by molar-refractivity contribution is -0.118. The molecule has 0 radical (unpaired) electrons. The van der Waals surface area contributed by atoms with Gasteiger partial charge in [0.05, 0.1) is 4.21 Å². The molecule has 4 N–H and O–H groups in total. The number of halogens is 1. The van der Waals surface area contributed by atoms with Gasteiger partial charge in [-0.3, -0.25) is 4.79 Å². The van der Waals surface area contributed by atoms with Gasteiger partial charge in [0.2, 0.25) is 5.91 Å². The summed E-state index contributed by atoms with van der Waals surface area (Å²) >= 11 is 9.07. The molecular formula is C13H13ClN2OS2. The minimum absolute atomic E-state index is 0.158. The standard InChI is InChI=1S/C13H13ClN2OS2/c14-8-1-3-9(4-2-8)19-13-10(5-6-18-13)11(15)7-12(16)17/h1-6,11H,7,15H2,(H2,16,17). The van der Waals surface area contributed by atoms with Gasteiger partial charge in [-0.15, -0.1) is 11.3 Å². The van der Waals surface area contributed by atoms with Crippen molar-refractivity contribution in [3.8, 4) is 0 Å². The van der Waals surface area contributed by atoms with Crippen LogP contribution in [0.25, 0.3) is 0 Å². The van der Waals surface area contributed by atoms with Crippen molar-refractivity contribution < 1.29 is 4.79 Å². The monoisotopic (exact) mass is 312 g/mol. The molecule has 0 aliphatic carbocycles. The summed E-state index contributed by atoms with van der Waals surface area (Å²) < 4.78 is 1.08. The molecule has 0 aliphatic rings. The van der Waals surface area contributed by atoms with Gasteiger partial charge in [-0.25, -0.2) is 0 Å². The first-order chi connectivity index (χ1) is 9.06. The first-order valence-corrected chi connectivity index (χ1v) is 7.68. The third kappa shape index (κ3) is 3.98. The van der Waals surface area contributed by atoms with Crippen molar-refractivity contribution in [1.82, 2.24) is 0 Å². The molecule has 1 heterocycles. The number of carbonyl (C=O) groups excluding carboxylic acids is 1. The summed E-state index contributed by atoms with van der Waals surface area (Å²) in [4.78, 5) is 12.0. The van der Waals surface area contributed by atoms with Gasteiger partial charge in [0.15, 0.2) is 0 Å². The van der Waals surface area contributed by atoms with Crippen molar-refractivity contribution in [2.45, 2.75) is 21.6 Å². The van der Waals surface area contributed by atoms with E-state index < -0.39 is 0 Å². The highest BCUT2D eigenvalue weighted by molar-refractivity contribution is 8.01. The summed E-state index contributed by atoms with van der Waals surface area (Å²) in [5.41, 5.74) is 12.1. The molecular weight excluding hydrogens is 300 g/mol. The lowest BCUT2D eigenvalue weighted by atomic mass is 10.1. The Balaban J connectivity index is 2.15. The third-order valence-electron chi connectivity index (χ3n) is 2.50. The van der Waals surface area contributed by atoms with Gasteiger partial charge < -0.3 is 11.5 Å². The first-order valence-electron chi connectivity index (χ1n) is 5.61. The van der Waals surface area contributed by atoms with E-state index in [1.807, 2.05) is 35.7 Å². The predicted octanol–water partition coefficient (Wildman–Crippen LogP) is 3.43. The number of thiophene rings is 1. The number of carbonyl (C=O) groups is 1. The zero-order valence-electron chi connectivity index (χ0n) is 10.0. The minimum atomic E-state index is -0.388. The van der Waals surface area contributed by atoms with Crippen molar-refractivity contribution in [3.05, 3.63) is 46.3 Å². The molecule has 19 heavy (non-hydrogen) atoms. The van der Waals surface area contributed by atoms with Gasteiger partial charge in [0, 0.05) is 22.4 Å². The SMILES string of the molecule is NC(=O)CC(N)c1ccsc1Sc1ccc(Cl)cc1. The van der Waals surface area contributed by atoms with E-state index in [-0.39, 0.29) is 18.4 Å². The van der Waals surface area contributed by atoms with E-state index in [0.29, 0.717) is 5.02 Å². The van der Waals surface area contributed by atoms with E-state index in [4.69, 9.17) is 23.1 Å². The molecule has 1 aromatic carbocycles. The van der Waals surface area contributed by atoms with E-state index >= 15 is 0 Å². The molecule has 0 bridgehead atoms. The Hall–Kier alpha value is -1.01. The summed E-state index contributed by atoms with van der Waals surface area (Å²) in [6.07, 6.45) is 0.158. The number of hydrogen-bond acceptors (Lipinski definition) is 4. The quantitative estimate of drug-likeness (QED) is 0.888. The fourth-order valence-corrected chi connectivity index (χ4v) is 3.89. The second kappa shape index (κ2) is 6.43. The van der Waals surface area contributed by atoms with E-state index in [1.54, 1.807) is 23.1 Å². The highest BCUT2D eigenvalue weighted by Crippen LogP contribution is 2.37. The van der Waals surface area contributed by atoms with E-state index in [2.05, 4.69) is 0 Å². The zero-order chi connectivity index (χ0) is 13.8. The second-order valence-corrected chi connectivity index (χ2v) is 6.69. The van der Waals surface area contributed by atoms with Crippen LogP contribution >= 0.6 is 34.7 Å². The molecule has 3 nitrogen and oxygen atoms in total. The number of nitrogens with two attached hydrogens (primary N) is 2.